The average Bonchev–Trinajstić information content (AvgIpc) is 2.55. The number of pyridine rings is 2. The predicted octanol–water partition coefficient (Wildman–Crippen LogP) is 2.64. The highest BCUT2D eigenvalue weighted by Gasteiger charge is 2.08. The van der Waals surface area contributed by atoms with Crippen LogP contribution < -0.4 is 4.72 Å². The van der Waals surface area contributed by atoms with Crippen molar-refractivity contribution in [2.24, 2.45) is 0 Å². The Labute approximate surface area is 123 Å². The van der Waals surface area contributed by atoms with Crippen molar-refractivity contribution in [1.82, 2.24) is 9.97 Å². The fraction of sp³-hybridized carbons (Fsp3) is 0. The van der Waals surface area contributed by atoms with Crippen molar-refractivity contribution >= 4 is 27.6 Å². The second-order valence-electron chi connectivity index (χ2n) is 4.24. The number of benzene rings is 1. The maximum atomic E-state index is 12.3. The molecule has 2 heterocycles. The first-order valence-corrected chi connectivity index (χ1v) is 7.31. The van der Waals surface area contributed by atoms with Gasteiger partial charge in [-0.15, -0.1) is 0 Å². The first kappa shape index (κ1) is 13.2. The van der Waals surface area contributed by atoms with Gasteiger partial charge in [0.25, 0.3) is 0 Å². The molecule has 102 valence electrons. The maximum Gasteiger partial charge on any atom is 0.151 e. The van der Waals surface area contributed by atoms with Crippen LogP contribution in [0.5, 0.6) is 0 Å². The van der Waals surface area contributed by atoms with Gasteiger partial charge in [-0.05, 0) is 24.3 Å². The average molecular weight is 294 g/mol. The third-order valence-corrected chi connectivity index (χ3v) is 3.98. The Morgan fingerprint density at radius 2 is 1.95 bits per heavy atom. The molecule has 21 heavy (non-hydrogen) atoms. The zero-order chi connectivity index (χ0) is 14.7. The summed E-state index contributed by atoms with van der Waals surface area (Å²) in [5.74, 6) is 0. The molecule has 1 N–H and O–H groups in total. The van der Waals surface area contributed by atoms with E-state index in [0.717, 1.165) is 10.9 Å². The zero-order valence-electron chi connectivity index (χ0n) is 10.9. The molecular weight excluding hydrogens is 284 g/mol. The number of fused-ring (bicyclic) bond motifs is 1. The fourth-order valence-electron chi connectivity index (χ4n) is 1.90. The van der Waals surface area contributed by atoms with E-state index in [0.29, 0.717) is 16.3 Å². The molecule has 0 radical (unpaired) electrons. The van der Waals surface area contributed by atoms with Crippen molar-refractivity contribution in [2.45, 2.75) is 4.90 Å². The number of rotatable bonds is 3. The van der Waals surface area contributed by atoms with Crippen LogP contribution in [0.4, 0.5) is 5.69 Å². The van der Waals surface area contributed by atoms with E-state index in [2.05, 4.69) is 14.7 Å². The summed E-state index contributed by atoms with van der Waals surface area (Å²) in [5, 5.41) is 9.68. The van der Waals surface area contributed by atoms with Crippen molar-refractivity contribution < 1.29 is 4.21 Å². The lowest BCUT2D eigenvalue weighted by Crippen LogP contribution is -2.06. The van der Waals surface area contributed by atoms with E-state index in [-0.39, 0.29) is 0 Å². The quantitative estimate of drug-likeness (QED) is 0.805. The molecule has 2 aromatic heterocycles. The Hall–Kier alpha value is -2.78. The lowest BCUT2D eigenvalue weighted by atomic mass is 10.2. The molecule has 3 rings (SSSR count). The molecular formula is C15H10N4OS. The van der Waals surface area contributed by atoms with Crippen molar-refractivity contribution in [3.8, 4) is 6.07 Å². The molecule has 1 atom stereocenters. The van der Waals surface area contributed by atoms with Gasteiger partial charge in [0.05, 0.1) is 16.1 Å². The van der Waals surface area contributed by atoms with E-state index in [1.165, 1.54) is 12.3 Å². The molecule has 0 saturated carbocycles. The standard InChI is InChI=1S/C15H10N4OS/c16-9-12-6-7-13(10-18-12)21(20)19-14-5-1-3-11-4-2-8-17-15(11)14/h1-8,10,19H. The highest BCUT2D eigenvalue weighted by atomic mass is 32.2. The topological polar surface area (TPSA) is 78.7 Å². The van der Waals surface area contributed by atoms with Gasteiger partial charge in [-0.3, -0.25) is 9.71 Å². The van der Waals surface area contributed by atoms with E-state index in [1.54, 1.807) is 12.3 Å². The third-order valence-electron chi connectivity index (χ3n) is 2.90. The molecule has 3 aromatic rings. The highest BCUT2D eigenvalue weighted by Crippen LogP contribution is 2.22. The minimum absolute atomic E-state index is 0.294. The van der Waals surface area contributed by atoms with E-state index >= 15 is 0 Å². The van der Waals surface area contributed by atoms with Gasteiger partial charge in [-0.2, -0.15) is 5.26 Å². The van der Waals surface area contributed by atoms with Crippen LogP contribution in [0.2, 0.25) is 0 Å². The Morgan fingerprint density at radius 3 is 2.71 bits per heavy atom. The predicted molar refractivity (Wildman–Crippen MR) is 80.7 cm³/mol. The highest BCUT2D eigenvalue weighted by molar-refractivity contribution is 7.86. The van der Waals surface area contributed by atoms with E-state index in [1.807, 2.05) is 36.4 Å². The van der Waals surface area contributed by atoms with Gasteiger partial charge in [0, 0.05) is 17.8 Å². The molecule has 0 aliphatic heterocycles. The number of anilines is 1. The minimum atomic E-state index is -1.46. The van der Waals surface area contributed by atoms with Crippen LogP contribution in [0.1, 0.15) is 5.69 Å². The van der Waals surface area contributed by atoms with Crippen molar-refractivity contribution in [1.29, 1.82) is 5.26 Å². The molecule has 0 spiro atoms. The SMILES string of the molecule is N#Cc1ccc(S(=O)Nc2cccc3cccnc23)cn1. The zero-order valence-corrected chi connectivity index (χ0v) is 11.7. The Balaban J connectivity index is 1.91. The van der Waals surface area contributed by atoms with Crippen LogP contribution in [-0.2, 0) is 11.0 Å². The van der Waals surface area contributed by atoms with Crippen LogP contribution in [0.3, 0.4) is 0 Å². The molecule has 0 saturated heterocycles. The first-order chi connectivity index (χ1) is 10.3. The van der Waals surface area contributed by atoms with Crippen molar-refractivity contribution in [3.63, 3.8) is 0 Å². The molecule has 0 bridgehead atoms. The van der Waals surface area contributed by atoms with E-state index < -0.39 is 11.0 Å². The molecule has 0 aliphatic carbocycles. The van der Waals surface area contributed by atoms with Gasteiger partial charge in [-0.25, -0.2) is 9.19 Å². The lowest BCUT2D eigenvalue weighted by Gasteiger charge is -2.08. The van der Waals surface area contributed by atoms with Gasteiger partial charge in [0.2, 0.25) is 0 Å². The summed E-state index contributed by atoms with van der Waals surface area (Å²) < 4.78 is 15.2. The van der Waals surface area contributed by atoms with E-state index in [9.17, 15) is 4.21 Å². The molecule has 0 aliphatic rings. The normalized spacial score (nSPS) is 11.8. The summed E-state index contributed by atoms with van der Waals surface area (Å²) in [5.41, 5.74) is 1.74. The van der Waals surface area contributed by atoms with Crippen LogP contribution in [-0.4, -0.2) is 14.2 Å². The summed E-state index contributed by atoms with van der Waals surface area (Å²) >= 11 is 0. The fourth-order valence-corrected chi connectivity index (χ4v) is 2.72. The summed E-state index contributed by atoms with van der Waals surface area (Å²) in [4.78, 5) is 8.71. The van der Waals surface area contributed by atoms with Crippen molar-refractivity contribution in [2.75, 3.05) is 4.72 Å². The smallest absolute Gasteiger partial charge is 0.151 e. The van der Waals surface area contributed by atoms with Crippen LogP contribution in [0.15, 0.2) is 59.8 Å². The second kappa shape index (κ2) is 5.69. The van der Waals surface area contributed by atoms with Gasteiger partial charge < -0.3 is 0 Å². The number of nitriles is 1. The summed E-state index contributed by atoms with van der Waals surface area (Å²) in [6.45, 7) is 0. The van der Waals surface area contributed by atoms with Crippen molar-refractivity contribution in [3.05, 3.63) is 60.6 Å². The monoisotopic (exact) mass is 294 g/mol. The van der Waals surface area contributed by atoms with Crippen LogP contribution in [0, 0.1) is 11.3 Å². The molecule has 5 nitrogen and oxygen atoms in total. The van der Waals surface area contributed by atoms with Gasteiger partial charge in [0.15, 0.2) is 11.0 Å². The van der Waals surface area contributed by atoms with Gasteiger partial charge in [0.1, 0.15) is 11.8 Å². The Bertz CT molecular complexity index is 850. The number of hydrogen-bond acceptors (Lipinski definition) is 4. The molecule has 0 amide bonds. The molecule has 1 aromatic carbocycles. The first-order valence-electron chi connectivity index (χ1n) is 6.16. The lowest BCUT2D eigenvalue weighted by molar-refractivity contribution is 0.686. The molecule has 0 fully saturated rings. The van der Waals surface area contributed by atoms with Gasteiger partial charge >= 0.3 is 0 Å². The number of hydrogen-bond donors (Lipinski definition) is 1. The minimum Gasteiger partial charge on any atom is -0.299 e. The van der Waals surface area contributed by atoms with E-state index in [4.69, 9.17) is 5.26 Å². The number of nitrogens with zero attached hydrogens (tertiary/aromatic N) is 3. The number of aromatic nitrogens is 2. The molecule has 6 heteroatoms. The largest absolute Gasteiger partial charge is 0.299 e. The Kier molecular flexibility index (Phi) is 3.58. The second-order valence-corrected chi connectivity index (χ2v) is 5.46. The number of nitrogens with one attached hydrogen (secondary N) is 1. The summed E-state index contributed by atoms with van der Waals surface area (Å²) in [7, 11) is -1.46. The number of para-hydroxylation sites is 1. The maximum absolute atomic E-state index is 12.3. The summed E-state index contributed by atoms with van der Waals surface area (Å²) in [6.07, 6.45) is 3.12. The van der Waals surface area contributed by atoms with Gasteiger partial charge in [-0.1, -0.05) is 18.2 Å². The molecule has 1 unspecified atom stereocenters. The van der Waals surface area contributed by atoms with Crippen LogP contribution >= 0.6 is 0 Å². The Morgan fingerprint density at radius 1 is 1.10 bits per heavy atom. The van der Waals surface area contributed by atoms with Crippen LogP contribution in [0.25, 0.3) is 10.9 Å². The third kappa shape index (κ3) is 2.73. The summed E-state index contributed by atoms with van der Waals surface area (Å²) in [6, 6.07) is 14.5.